The van der Waals surface area contributed by atoms with Crippen LogP contribution in [0.25, 0.3) is 22.2 Å². The maximum Gasteiger partial charge on any atom is 0.125 e. The van der Waals surface area contributed by atoms with E-state index in [0.29, 0.717) is 5.75 Å². The Kier molecular flexibility index (Phi) is 2.49. The van der Waals surface area contributed by atoms with E-state index in [9.17, 15) is 5.11 Å². The van der Waals surface area contributed by atoms with Crippen LogP contribution in [-0.2, 0) is 12.8 Å². The first-order valence-corrected chi connectivity index (χ1v) is 7.03. The molecule has 0 amide bonds. The number of hydrogen-bond donors (Lipinski definition) is 1. The topological polar surface area (TPSA) is 33.1 Å². The highest BCUT2D eigenvalue weighted by Gasteiger charge is 2.19. The molecule has 0 bridgehead atoms. The van der Waals surface area contributed by atoms with Crippen molar-refractivity contribution in [2.75, 3.05) is 0 Å². The van der Waals surface area contributed by atoms with Gasteiger partial charge >= 0.3 is 0 Å². The summed E-state index contributed by atoms with van der Waals surface area (Å²) < 4.78 is 0. The molecule has 2 aromatic carbocycles. The maximum absolute atomic E-state index is 10.3. The third-order valence-corrected chi connectivity index (χ3v) is 4.06. The summed E-state index contributed by atoms with van der Waals surface area (Å²) in [6.07, 6.45) is 3.11. The molecular weight excluding hydrogens is 246 g/mol. The van der Waals surface area contributed by atoms with Gasteiger partial charge in [0, 0.05) is 10.9 Å². The number of aromatic nitrogens is 1. The Morgan fingerprint density at radius 3 is 2.70 bits per heavy atom. The van der Waals surface area contributed by atoms with Gasteiger partial charge in [0.25, 0.3) is 0 Å². The minimum atomic E-state index is 0.341. The Morgan fingerprint density at radius 1 is 0.900 bits per heavy atom. The third kappa shape index (κ3) is 1.68. The van der Waals surface area contributed by atoms with Gasteiger partial charge in [-0.05, 0) is 48.6 Å². The second kappa shape index (κ2) is 4.34. The lowest BCUT2D eigenvalue weighted by atomic mass is 9.99. The van der Waals surface area contributed by atoms with Crippen LogP contribution in [0.3, 0.4) is 0 Å². The summed E-state index contributed by atoms with van der Waals surface area (Å²) in [5.74, 6) is 0.341. The summed E-state index contributed by atoms with van der Waals surface area (Å²) in [4.78, 5) is 4.82. The van der Waals surface area contributed by atoms with Crippen molar-refractivity contribution >= 4 is 10.9 Å². The minimum Gasteiger partial charge on any atom is -0.507 e. The number of pyridine rings is 1. The Morgan fingerprint density at radius 2 is 1.75 bits per heavy atom. The van der Waals surface area contributed by atoms with Crippen molar-refractivity contribution in [3.8, 4) is 17.0 Å². The zero-order valence-corrected chi connectivity index (χ0v) is 11.1. The molecule has 1 aliphatic rings. The summed E-state index contributed by atoms with van der Waals surface area (Å²) in [5.41, 5.74) is 5.30. The van der Waals surface area contributed by atoms with Crippen LogP contribution in [0.2, 0.25) is 0 Å². The molecule has 0 atom stereocenters. The lowest BCUT2D eigenvalue weighted by Gasteiger charge is -2.11. The number of nitrogens with zero attached hydrogens (tertiary/aromatic N) is 1. The maximum atomic E-state index is 10.3. The average molecular weight is 261 g/mol. The van der Waals surface area contributed by atoms with Crippen LogP contribution in [-0.4, -0.2) is 10.1 Å². The van der Waals surface area contributed by atoms with Gasteiger partial charge in [-0.1, -0.05) is 30.3 Å². The van der Waals surface area contributed by atoms with E-state index in [4.69, 9.17) is 4.98 Å². The van der Waals surface area contributed by atoms with Gasteiger partial charge in [-0.3, -0.25) is 0 Å². The molecule has 0 spiro atoms. The Bertz CT molecular complexity index is 808. The second-order valence-corrected chi connectivity index (χ2v) is 5.35. The molecule has 0 fully saturated rings. The standard InChI is InChI=1S/C18H15NO/c20-16-10-4-7-12-6-3-8-14-11-13-5-1-2-9-15(13)19-18(14)17(12)16/h1-2,4-5,7,9-11,20H,3,6,8H2. The Hall–Kier alpha value is -2.35. The van der Waals surface area contributed by atoms with Crippen molar-refractivity contribution in [1.82, 2.24) is 4.98 Å². The quantitative estimate of drug-likeness (QED) is 0.661. The SMILES string of the molecule is Oc1cccc2c1-c1nc3ccccc3cc1CCC2. The monoisotopic (exact) mass is 261 g/mol. The van der Waals surface area contributed by atoms with Crippen molar-refractivity contribution in [1.29, 1.82) is 0 Å². The van der Waals surface area contributed by atoms with E-state index in [1.54, 1.807) is 6.07 Å². The van der Waals surface area contributed by atoms with Crippen LogP contribution in [0, 0.1) is 0 Å². The molecule has 1 aromatic heterocycles. The second-order valence-electron chi connectivity index (χ2n) is 5.35. The van der Waals surface area contributed by atoms with E-state index in [1.807, 2.05) is 24.3 Å². The summed E-state index contributed by atoms with van der Waals surface area (Å²) >= 11 is 0. The van der Waals surface area contributed by atoms with Gasteiger partial charge in [0.2, 0.25) is 0 Å². The summed E-state index contributed by atoms with van der Waals surface area (Å²) in [6.45, 7) is 0. The molecule has 4 rings (SSSR count). The molecule has 1 N–H and O–H groups in total. The normalized spacial score (nSPS) is 13.6. The van der Waals surface area contributed by atoms with Crippen LogP contribution >= 0.6 is 0 Å². The van der Waals surface area contributed by atoms with E-state index in [-0.39, 0.29) is 0 Å². The van der Waals surface area contributed by atoms with Crippen molar-refractivity contribution < 1.29 is 5.11 Å². The summed E-state index contributed by atoms with van der Waals surface area (Å²) in [6, 6.07) is 16.2. The molecule has 98 valence electrons. The van der Waals surface area contributed by atoms with E-state index in [2.05, 4.69) is 18.2 Å². The number of hydrogen-bond acceptors (Lipinski definition) is 2. The molecule has 20 heavy (non-hydrogen) atoms. The van der Waals surface area contributed by atoms with Gasteiger partial charge in [0.15, 0.2) is 0 Å². The highest BCUT2D eigenvalue weighted by molar-refractivity contribution is 5.85. The fourth-order valence-corrected chi connectivity index (χ4v) is 3.10. The number of para-hydroxylation sites is 1. The van der Waals surface area contributed by atoms with Crippen LogP contribution in [0.4, 0.5) is 0 Å². The largest absolute Gasteiger partial charge is 0.507 e. The van der Waals surface area contributed by atoms with Gasteiger partial charge in [0.05, 0.1) is 11.2 Å². The summed E-state index contributed by atoms with van der Waals surface area (Å²) in [5, 5.41) is 11.4. The van der Waals surface area contributed by atoms with Crippen molar-refractivity contribution in [2.24, 2.45) is 0 Å². The van der Waals surface area contributed by atoms with E-state index < -0.39 is 0 Å². The van der Waals surface area contributed by atoms with E-state index in [0.717, 1.165) is 36.0 Å². The number of benzene rings is 2. The average Bonchev–Trinajstić information content (AvgIpc) is 2.64. The Balaban J connectivity index is 2.08. The molecule has 1 aliphatic carbocycles. The van der Waals surface area contributed by atoms with Gasteiger partial charge in [-0.25, -0.2) is 4.98 Å². The van der Waals surface area contributed by atoms with Gasteiger partial charge in [-0.15, -0.1) is 0 Å². The lowest BCUT2D eigenvalue weighted by Crippen LogP contribution is -1.93. The predicted molar refractivity (Wildman–Crippen MR) is 80.9 cm³/mol. The minimum absolute atomic E-state index is 0.341. The molecule has 3 aromatic rings. The number of aromatic hydroxyl groups is 1. The number of rotatable bonds is 0. The van der Waals surface area contributed by atoms with Crippen LogP contribution in [0.15, 0.2) is 48.5 Å². The molecule has 0 radical (unpaired) electrons. The fourth-order valence-electron chi connectivity index (χ4n) is 3.10. The zero-order valence-electron chi connectivity index (χ0n) is 11.1. The third-order valence-electron chi connectivity index (χ3n) is 4.06. The Labute approximate surface area is 117 Å². The first kappa shape index (κ1) is 11.5. The van der Waals surface area contributed by atoms with Gasteiger partial charge < -0.3 is 5.11 Å². The zero-order chi connectivity index (χ0) is 13.5. The molecule has 2 nitrogen and oxygen atoms in total. The number of phenols is 1. The lowest BCUT2D eigenvalue weighted by molar-refractivity contribution is 0.476. The molecule has 0 saturated carbocycles. The van der Waals surface area contributed by atoms with Crippen LogP contribution in [0.5, 0.6) is 5.75 Å². The number of aryl methyl sites for hydroxylation is 2. The van der Waals surface area contributed by atoms with Crippen LogP contribution in [0.1, 0.15) is 17.5 Å². The van der Waals surface area contributed by atoms with E-state index in [1.165, 1.54) is 16.5 Å². The molecule has 0 saturated heterocycles. The smallest absolute Gasteiger partial charge is 0.125 e. The molecule has 0 aliphatic heterocycles. The van der Waals surface area contributed by atoms with Crippen molar-refractivity contribution in [2.45, 2.75) is 19.3 Å². The number of fused-ring (bicyclic) bond motifs is 4. The first-order chi connectivity index (χ1) is 9.83. The molecular formula is C18H15NO. The number of phenolic OH excluding ortho intramolecular Hbond substituents is 1. The highest BCUT2D eigenvalue weighted by atomic mass is 16.3. The van der Waals surface area contributed by atoms with Gasteiger partial charge in [-0.2, -0.15) is 0 Å². The molecule has 0 unspecified atom stereocenters. The molecule has 2 heteroatoms. The highest BCUT2D eigenvalue weighted by Crippen LogP contribution is 2.38. The molecule has 1 heterocycles. The van der Waals surface area contributed by atoms with Crippen molar-refractivity contribution in [3.63, 3.8) is 0 Å². The first-order valence-electron chi connectivity index (χ1n) is 7.03. The van der Waals surface area contributed by atoms with E-state index >= 15 is 0 Å². The summed E-state index contributed by atoms with van der Waals surface area (Å²) in [7, 11) is 0. The predicted octanol–water partition coefficient (Wildman–Crippen LogP) is 4.10. The van der Waals surface area contributed by atoms with Crippen LogP contribution < -0.4 is 0 Å². The van der Waals surface area contributed by atoms with Crippen molar-refractivity contribution in [3.05, 3.63) is 59.7 Å². The van der Waals surface area contributed by atoms with Gasteiger partial charge in [0.1, 0.15) is 5.75 Å². The fraction of sp³-hybridized carbons (Fsp3) is 0.167.